The fraction of sp³-hybridized carbons (Fsp3) is 0.364. The molecule has 32 heavy (non-hydrogen) atoms. The highest BCUT2D eigenvalue weighted by molar-refractivity contribution is 7.09. The summed E-state index contributed by atoms with van der Waals surface area (Å²) in [4.78, 5) is 9.21. The number of hydrogen-bond donors (Lipinski definition) is 0. The third-order valence-corrected chi connectivity index (χ3v) is 6.03. The monoisotopic (exact) mass is 464 g/mol. The summed E-state index contributed by atoms with van der Waals surface area (Å²) in [5.41, 5.74) is 1.91. The smallest absolute Gasteiger partial charge is 0.497 e. The highest BCUT2D eigenvalue weighted by Crippen LogP contribution is 2.28. The maximum atomic E-state index is 12.3. The van der Waals surface area contributed by atoms with Gasteiger partial charge in [0.2, 0.25) is 5.13 Å². The molecular weight excluding hydrogens is 441 g/mol. The van der Waals surface area contributed by atoms with Crippen molar-refractivity contribution in [3.05, 3.63) is 54.1 Å². The Balaban J connectivity index is 1.29. The maximum Gasteiger partial charge on any atom is 0.573 e. The highest BCUT2D eigenvalue weighted by atomic mass is 32.1. The van der Waals surface area contributed by atoms with Gasteiger partial charge in [0.1, 0.15) is 11.5 Å². The van der Waals surface area contributed by atoms with Gasteiger partial charge < -0.3 is 14.4 Å². The highest BCUT2D eigenvalue weighted by Gasteiger charge is 2.31. The first-order valence-electron chi connectivity index (χ1n) is 10.2. The summed E-state index contributed by atoms with van der Waals surface area (Å²) in [5, 5.41) is 0.822. The molecule has 6 nitrogen and oxygen atoms in total. The molecule has 170 valence electrons. The number of piperazine rings is 1. The minimum absolute atomic E-state index is 0.262. The zero-order chi connectivity index (χ0) is 22.6. The Kier molecular flexibility index (Phi) is 6.80. The number of hydrogen-bond acceptors (Lipinski definition) is 7. The first-order valence-corrected chi connectivity index (χ1v) is 11.0. The Labute approximate surface area is 188 Å². The topological polar surface area (TPSA) is 50.7 Å². The van der Waals surface area contributed by atoms with Crippen LogP contribution in [0.1, 0.15) is 5.56 Å². The molecule has 1 fully saturated rings. The van der Waals surface area contributed by atoms with Crippen LogP contribution in [0.4, 0.5) is 18.3 Å². The van der Waals surface area contributed by atoms with Crippen LogP contribution in [0, 0.1) is 0 Å². The molecule has 10 heteroatoms. The average molecular weight is 465 g/mol. The molecule has 0 unspecified atom stereocenters. The molecule has 1 saturated heterocycles. The van der Waals surface area contributed by atoms with E-state index >= 15 is 0 Å². The van der Waals surface area contributed by atoms with Gasteiger partial charge in [-0.25, -0.2) is 0 Å². The predicted molar refractivity (Wildman–Crippen MR) is 117 cm³/mol. The van der Waals surface area contributed by atoms with Crippen LogP contribution >= 0.6 is 11.5 Å². The third kappa shape index (κ3) is 5.89. The van der Waals surface area contributed by atoms with E-state index in [-0.39, 0.29) is 5.75 Å². The molecule has 2 aromatic carbocycles. The van der Waals surface area contributed by atoms with Crippen LogP contribution in [-0.4, -0.2) is 60.5 Å². The van der Waals surface area contributed by atoms with Crippen LogP contribution in [0.2, 0.25) is 0 Å². The van der Waals surface area contributed by atoms with Crippen LogP contribution in [0.3, 0.4) is 0 Å². The second-order valence-corrected chi connectivity index (χ2v) is 8.13. The molecule has 1 aliphatic rings. The lowest BCUT2D eigenvalue weighted by atomic mass is 10.1. The fourth-order valence-corrected chi connectivity index (χ4v) is 4.28. The minimum atomic E-state index is -4.70. The summed E-state index contributed by atoms with van der Waals surface area (Å²) >= 11 is 1.30. The van der Waals surface area contributed by atoms with Crippen LogP contribution in [0.5, 0.6) is 11.5 Å². The van der Waals surface area contributed by atoms with E-state index < -0.39 is 6.36 Å². The summed E-state index contributed by atoms with van der Waals surface area (Å²) < 4.78 is 50.5. The average Bonchev–Trinajstić information content (AvgIpc) is 3.28. The molecule has 0 aliphatic carbocycles. The van der Waals surface area contributed by atoms with Crippen LogP contribution < -0.4 is 14.4 Å². The summed E-state index contributed by atoms with van der Waals surface area (Å²) in [5.74, 6) is 1.12. The number of halogens is 3. The number of benzene rings is 2. The van der Waals surface area contributed by atoms with Gasteiger partial charge in [-0.15, -0.1) is 13.2 Å². The van der Waals surface area contributed by atoms with E-state index in [4.69, 9.17) is 4.74 Å². The van der Waals surface area contributed by atoms with Gasteiger partial charge in [0.05, 0.1) is 7.11 Å². The molecule has 0 saturated carbocycles. The molecule has 2 heterocycles. The largest absolute Gasteiger partial charge is 0.573 e. The summed E-state index contributed by atoms with van der Waals surface area (Å²) in [7, 11) is 1.68. The summed E-state index contributed by atoms with van der Waals surface area (Å²) in [6, 6.07) is 13.7. The van der Waals surface area contributed by atoms with Gasteiger partial charge in [0, 0.05) is 49.8 Å². The Morgan fingerprint density at radius 3 is 2.44 bits per heavy atom. The van der Waals surface area contributed by atoms with E-state index in [2.05, 4.69) is 36.0 Å². The lowest BCUT2D eigenvalue weighted by Gasteiger charge is -2.34. The Hall–Kier alpha value is -2.85. The van der Waals surface area contributed by atoms with Crippen molar-refractivity contribution in [2.75, 3.05) is 44.7 Å². The Morgan fingerprint density at radius 2 is 1.75 bits per heavy atom. The minimum Gasteiger partial charge on any atom is -0.497 e. The predicted octanol–water partition coefficient (Wildman–Crippen LogP) is 4.48. The third-order valence-electron chi connectivity index (χ3n) is 5.26. The molecule has 0 radical (unpaired) electrons. The van der Waals surface area contributed by atoms with Crippen molar-refractivity contribution in [3.8, 4) is 22.9 Å². The summed E-state index contributed by atoms with van der Waals surface area (Å²) in [6.45, 7) is 4.55. The van der Waals surface area contributed by atoms with Gasteiger partial charge in [0.15, 0.2) is 5.82 Å². The Bertz CT molecular complexity index is 1020. The molecule has 0 N–H and O–H groups in total. The van der Waals surface area contributed by atoms with Crippen LogP contribution in [-0.2, 0) is 6.42 Å². The van der Waals surface area contributed by atoms with Crippen molar-refractivity contribution < 1.29 is 22.6 Å². The number of aromatic nitrogens is 2. The summed E-state index contributed by atoms with van der Waals surface area (Å²) in [6.07, 6.45) is -3.74. The second kappa shape index (κ2) is 9.74. The quantitative estimate of drug-likeness (QED) is 0.514. The first kappa shape index (κ1) is 22.3. The van der Waals surface area contributed by atoms with E-state index in [0.29, 0.717) is 11.4 Å². The maximum absolute atomic E-state index is 12.3. The molecule has 0 spiro atoms. The van der Waals surface area contributed by atoms with Gasteiger partial charge in [-0.1, -0.05) is 12.1 Å². The number of anilines is 1. The Morgan fingerprint density at radius 1 is 1.00 bits per heavy atom. The van der Waals surface area contributed by atoms with Crippen molar-refractivity contribution in [1.82, 2.24) is 14.3 Å². The first-order chi connectivity index (χ1) is 15.4. The molecule has 1 aliphatic heterocycles. The van der Waals surface area contributed by atoms with Crippen LogP contribution in [0.25, 0.3) is 11.4 Å². The number of methoxy groups -OCH3 is 1. The van der Waals surface area contributed by atoms with Crippen LogP contribution in [0.15, 0.2) is 48.5 Å². The van der Waals surface area contributed by atoms with E-state index in [1.54, 1.807) is 7.11 Å². The molecule has 3 aromatic rings. The van der Waals surface area contributed by atoms with Crippen molar-refractivity contribution in [1.29, 1.82) is 0 Å². The fourth-order valence-electron chi connectivity index (χ4n) is 3.54. The van der Waals surface area contributed by atoms with Gasteiger partial charge in [-0.05, 0) is 48.4 Å². The number of ether oxygens (including phenoxy) is 2. The lowest BCUT2D eigenvalue weighted by molar-refractivity contribution is -0.274. The van der Waals surface area contributed by atoms with E-state index in [0.717, 1.165) is 50.0 Å². The molecular formula is C22H23F3N4O2S. The van der Waals surface area contributed by atoms with Gasteiger partial charge >= 0.3 is 6.36 Å². The van der Waals surface area contributed by atoms with Crippen molar-refractivity contribution in [2.24, 2.45) is 0 Å². The molecule has 0 amide bonds. The second-order valence-electron chi connectivity index (χ2n) is 7.40. The zero-order valence-electron chi connectivity index (χ0n) is 17.5. The van der Waals surface area contributed by atoms with E-state index in [1.165, 1.54) is 41.4 Å². The molecule has 0 atom stereocenters. The van der Waals surface area contributed by atoms with Gasteiger partial charge in [-0.2, -0.15) is 9.36 Å². The van der Waals surface area contributed by atoms with Crippen molar-refractivity contribution >= 4 is 16.7 Å². The standard InChI is InChI=1S/C22H23F3N4O2S/c1-30-19-4-2-3-16(15-19)9-10-28-11-13-29(14-12-28)21-26-20(27-32-21)17-5-7-18(8-6-17)31-22(23,24)25/h2-8,15H,9-14H2,1H3. The molecule has 0 bridgehead atoms. The number of rotatable bonds is 7. The normalized spacial score (nSPS) is 15.1. The number of nitrogens with zero attached hydrogens (tertiary/aromatic N) is 4. The van der Waals surface area contributed by atoms with E-state index in [9.17, 15) is 13.2 Å². The van der Waals surface area contributed by atoms with Crippen molar-refractivity contribution in [2.45, 2.75) is 12.8 Å². The SMILES string of the molecule is COc1cccc(CCN2CCN(c3nc(-c4ccc(OC(F)(F)F)cc4)ns3)CC2)c1. The molecule has 1 aromatic heterocycles. The number of alkyl halides is 3. The van der Waals surface area contributed by atoms with Gasteiger partial charge in [0.25, 0.3) is 0 Å². The zero-order valence-corrected chi connectivity index (χ0v) is 18.3. The van der Waals surface area contributed by atoms with E-state index in [1.807, 2.05) is 12.1 Å². The molecule has 4 rings (SSSR count). The van der Waals surface area contributed by atoms with Gasteiger partial charge in [-0.3, -0.25) is 4.90 Å². The lowest BCUT2D eigenvalue weighted by Crippen LogP contribution is -2.47. The van der Waals surface area contributed by atoms with Crippen molar-refractivity contribution in [3.63, 3.8) is 0 Å².